The topological polar surface area (TPSA) is 60.2 Å². The summed E-state index contributed by atoms with van der Waals surface area (Å²) in [5.41, 5.74) is -0.220. The van der Waals surface area contributed by atoms with Gasteiger partial charge in [0.25, 0.3) is 0 Å². The predicted molar refractivity (Wildman–Crippen MR) is 51.2 cm³/mol. The molecule has 0 aliphatic heterocycles. The van der Waals surface area contributed by atoms with E-state index < -0.39 is 10.0 Å². The van der Waals surface area contributed by atoms with E-state index in [0.717, 1.165) is 6.42 Å². The van der Waals surface area contributed by atoms with Crippen LogP contribution in [0.1, 0.15) is 34.1 Å². The Kier molecular flexibility index (Phi) is 3.72. The lowest BCUT2D eigenvalue weighted by atomic mass is 9.80. The van der Waals surface area contributed by atoms with Gasteiger partial charge in [0.1, 0.15) is 0 Å². The van der Waals surface area contributed by atoms with Gasteiger partial charge in [-0.25, -0.2) is 13.6 Å². The maximum absolute atomic E-state index is 10.8. The first kappa shape index (κ1) is 11.9. The van der Waals surface area contributed by atoms with E-state index in [1.165, 1.54) is 0 Å². The lowest BCUT2D eigenvalue weighted by molar-refractivity contribution is 0.257. The van der Waals surface area contributed by atoms with Crippen molar-refractivity contribution in [2.45, 2.75) is 34.1 Å². The predicted octanol–water partition coefficient (Wildman–Crippen LogP) is 1.35. The van der Waals surface area contributed by atoms with Crippen LogP contribution in [0.4, 0.5) is 0 Å². The van der Waals surface area contributed by atoms with Crippen LogP contribution >= 0.6 is 0 Å². The first-order valence-corrected chi connectivity index (χ1v) is 5.91. The van der Waals surface area contributed by atoms with E-state index in [4.69, 9.17) is 5.14 Å². The molecule has 0 aromatic carbocycles. The van der Waals surface area contributed by atoms with Gasteiger partial charge in [-0.1, -0.05) is 34.1 Å². The minimum absolute atomic E-state index is 0.0645. The first-order valence-electron chi connectivity index (χ1n) is 4.19. The largest absolute Gasteiger partial charge is 0.229 e. The highest BCUT2D eigenvalue weighted by Gasteiger charge is 2.28. The van der Waals surface area contributed by atoms with Gasteiger partial charge in [0.05, 0.1) is 5.75 Å². The summed E-state index contributed by atoms with van der Waals surface area (Å²) in [4.78, 5) is 0. The van der Waals surface area contributed by atoms with Crippen molar-refractivity contribution in [1.82, 2.24) is 0 Å². The molecule has 12 heavy (non-hydrogen) atoms. The summed E-state index contributed by atoms with van der Waals surface area (Å²) < 4.78 is 21.7. The SMILES string of the molecule is CCC(C)C(C)(C)CS(N)(=O)=O. The normalized spacial score (nSPS) is 16.1. The molecule has 0 bridgehead atoms. The van der Waals surface area contributed by atoms with E-state index in [1.54, 1.807) is 0 Å². The van der Waals surface area contributed by atoms with Gasteiger partial charge in [-0.2, -0.15) is 0 Å². The van der Waals surface area contributed by atoms with Gasteiger partial charge in [0, 0.05) is 0 Å². The molecule has 0 saturated carbocycles. The van der Waals surface area contributed by atoms with Gasteiger partial charge in [-0.3, -0.25) is 0 Å². The monoisotopic (exact) mass is 193 g/mol. The van der Waals surface area contributed by atoms with Gasteiger partial charge in [-0.15, -0.1) is 0 Å². The quantitative estimate of drug-likeness (QED) is 0.732. The van der Waals surface area contributed by atoms with Gasteiger partial charge in [-0.05, 0) is 11.3 Å². The molecule has 4 heteroatoms. The zero-order valence-corrected chi connectivity index (χ0v) is 9.11. The minimum atomic E-state index is -3.34. The van der Waals surface area contributed by atoms with Crippen molar-refractivity contribution in [3.05, 3.63) is 0 Å². The molecule has 0 rings (SSSR count). The zero-order valence-electron chi connectivity index (χ0n) is 8.29. The summed E-state index contributed by atoms with van der Waals surface area (Å²) in [6.45, 7) is 7.97. The molecule has 0 amide bonds. The summed E-state index contributed by atoms with van der Waals surface area (Å²) in [6, 6.07) is 0. The third-order valence-electron chi connectivity index (χ3n) is 2.52. The molecule has 0 aromatic heterocycles. The Morgan fingerprint density at radius 1 is 1.42 bits per heavy atom. The number of hydrogen-bond donors (Lipinski definition) is 1. The van der Waals surface area contributed by atoms with E-state index in [1.807, 2.05) is 20.8 Å². The summed E-state index contributed by atoms with van der Waals surface area (Å²) in [5, 5.41) is 4.99. The Labute approximate surface area is 75.4 Å². The molecule has 1 unspecified atom stereocenters. The van der Waals surface area contributed by atoms with E-state index in [9.17, 15) is 8.42 Å². The molecule has 0 radical (unpaired) electrons. The molecule has 3 nitrogen and oxygen atoms in total. The Morgan fingerprint density at radius 3 is 2.08 bits per heavy atom. The number of sulfonamides is 1. The van der Waals surface area contributed by atoms with Crippen LogP contribution in [0, 0.1) is 11.3 Å². The lowest BCUT2D eigenvalue weighted by Crippen LogP contribution is -2.33. The molecule has 0 aliphatic carbocycles. The summed E-state index contributed by atoms with van der Waals surface area (Å²) in [5.74, 6) is 0.436. The van der Waals surface area contributed by atoms with Gasteiger partial charge in [0.2, 0.25) is 10.0 Å². The van der Waals surface area contributed by atoms with E-state index in [-0.39, 0.29) is 11.2 Å². The molecular formula is C8H19NO2S. The number of rotatable bonds is 4. The molecule has 0 fully saturated rings. The van der Waals surface area contributed by atoms with Crippen molar-refractivity contribution in [3.63, 3.8) is 0 Å². The van der Waals surface area contributed by atoms with Crippen LogP contribution in [0.3, 0.4) is 0 Å². The summed E-state index contributed by atoms with van der Waals surface area (Å²) >= 11 is 0. The second kappa shape index (κ2) is 3.75. The van der Waals surface area contributed by atoms with Gasteiger partial charge >= 0.3 is 0 Å². The second-order valence-electron chi connectivity index (χ2n) is 4.11. The highest BCUT2D eigenvalue weighted by atomic mass is 32.2. The molecule has 1 atom stereocenters. The van der Waals surface area contributed by atoms with Crippen LogP contribution in [-0.4, -0.2) is 14.2 Å². The van der Waals surface area contributed by atoms with E-state index in [0.29, 0.717) is 5.92 Å². The molecule has 2 N–H and O–H groups in total. The second-order valence-corrected chi connectivity index (χ2v) is 5.72. The van der Waals surface area contributed by atoms with Crippen LogP contribution in [0.15, 0.2) is 0 Å². The van der Waals surface area contributed by atoms with Crippen LogP contribution in [-0.2, 0) is 10.0 Å². The molecule has 0 saturated heterocycles. The minimum Gasteiger partial charge on any atom is -0.229 e. The van der Waals surface area contributed by atoms with Crippen molar-refractivity contribution < 1.29 is 8.42 Å². The highest BCUT2D eigenvalue weighted by molar-refractivity contribution is 7.89. The Hall–Kier alpha value is -0.0900. The maximum Gasteiger partial charge on any atom is 0.209 e. The smallest absolute Gasteiger partial charge is 0.209 e. The van der Waals surface area contributed by atoms with E-state index >= 15 is 0 Å². The van der Waals surface area contributed by atoms with Crippen molar-refractivity contribution in [1.29, 1.82) is 0 Å². The molecule has 0 aliphatic rings. The van der Waals surface area contributed by atoms with E-state index in [2.05, 4.69) is 6.92 Å². The number of nitrogens with two attached hydrogens (primary N) is 1. The highest BCUT2D eigenvalue weighted by Crippen LogP contribution is 2.29. The van der Waals surface area contributed by atoms with Gasteiger partial charge < -0.3 is 0 Å². The Morgan fingerprint density at radius 2 is 1.83 bits per heavy atom. The maximum atomic E-state index is 10.8. The summed E-state index contributed by atoms with van der Waals surface area (Å²) in [6.07, 6.45) is 0.975. The van der Waals surface area contributed by atoms with Crippen molar-refractivity contribution in [3.8, 4) is 0 Å². The van der Waals surface area contributed by atoms with Crippen LogP contribution < -0.4 is 5.14 Å². The Balaban J connectivity index is 4.43. The van der Waals surface area contributed by atoms with Crippen molar-refractivity contribution in [2.75, 3.05) is 5.75 Å². The molecule has 0 aromatic rings. The molecule has 0 spiro atoms. The van der Waals surface area contributed by atoms with Crippen LogP contribution in [0.2, 0.25) is 0 Å². The number of primary sulfonamides is 1. The molecule has 0 heterocycles. The third kappa shape index (κ3) is 4.07. The number of hydrogen-bond acceptors (Lipinski definition) is 2. The fourth-order valence-electron chi connectivity index (χ4n) is 1.21. The fraction of sp³-hybridized carbons (Fsp3) is 1.00. The van der Waals surface area contributed by atoms with Crippen LogP contribution in [0.25, 0.3) is 0 Å². The fourth-order valence-corrected chi connectivity index (χ4v) is 2.53. The standard InChI is InChI=1S/C8H19NO2S/c1-5-7(2)8(3,4)6-12(9,10)11/h7H,5-6H2,1-4H3,(H2,9,10,11). The van der Waals surface area contributed by atoms with Crippen LogP contribution in [0.5, 0.6) is 0 Å². The third-order valence-corrected chi connectivity index (χ3v) is 3.67. The lowest BCUT2D eigenvalue weighted by Gasteiger charge is -2.29. The zero-order chi connectivity index (χ0) is 9.99. The average Bonchev–Trinajstić information content (AvgIpc) is 1.80. The summed E-state index contributed by atoms with van der Waals surface area (Å²) in [7, 11) is -3.34. The average molecular weight is 193 g/mol. The van der Waals surface area contributed by atoms with Gasteiger partial charge in [0.15, 0.2) is 0 Å². The van der Waals surface area contributed by atoms with Crippen molar-refractivity contribution in [2.24, 2.45) is 16.5 Å². The molecular weight excluding hydrogens is 174 g/mol. The molecule has 74 valence electrons. The first-order chi connectivity index (χ1) is 5.19. The van der Waals surface area contributed by atoms with Crippen molar-refractivity contribution >= 4 is 10.0 Å². The Bertz CT molecular complexity index is 231.